The maximum atomic E-state index is 12.1. The van der Waals surface area contributed by atoms with Crippen LogP contribution in [0.2, 0.25) is 5.02 Å². The van der Waals surface area contributed by atoms with E-state index in [2.05, 4.69) is 20.6 Å². The van der Waals surface area contributed by atoms with E-state index in [4.69, 9.17) is 27.6 Å². The molecule has 0 saturated heterocycles. The molecule has 0 aliphatic carbocycles. The van der Waals surface area contributed by atoms with Crippen molar-refractivity contribution >= 4 is 51.0 Å². The third-order valence-corrected chi connectivity index (χ3v) is 5.43. The predicted molar refractivity (Wildman–Crippen MR) is 136 cm³/mol. The lowest BCUT2D eigenvalue weighted by Gasteiger charge is -2.38. The van der Waals surface area contributed by atoms with Crippen molar-refractivity contribution in [3.05, 3.63) is 59.1 Å². The lowest BCUT2D eigenvalue weighted by Crippen LogP contribution is -2.54. The average molecular weight is 510 g/mol. The molecule has 1 heterocycles. The molecule has 0 atom stereocenters. The van der Waals surface area contributed by atoms with Crippen molar-refractivity contribution < 1.29 is 17.8 Å². The Bertz CT molecular complexity index is 1200. The number of carbonyl (C=O) groups excluding carboxylic acids is 1. The Labute approximate surface area is 203 Å². The van der Waals surface area contributed by atoms with Crippen LogP contribution in [0, 0.1) is 0 Å². The first-order chi connectivity index (χ1) is 15.8. The van der Waals surface area contributed by atoms with Gasteiger partial charge < -0.3 is 22.1 Å². The summed E-state index contributed by atoms with van der Waals surface area (Å²) in [5.41, 5.74) is 13.4. The number of amides is 2. The minimum absolute atomic E-state index is 0.147. The van der Waals surface area contributed by atoms with Crippen molar-refractivity contribution in [2.45, 2.75) is 33.0 Å². The van der Waals surface area contributed by atoms with E-state index in [1.165, 1.54) is 6.92 Å². The Hall–Kier alpha value is -3.35. The van der Waals surface area contributed by atoms with Gasteiger partial charge >= 0.3 is 6.03 Å². The number of rotatable bonds is 5. The highest BCUT2D eigenvalue weighted by Gasteiger charge is 2.32. The summed E-state index contributed by atoms with van der Waals surface area (Å²) in [5, 5.41) is 6.11. The van der Waals surface area contributed by atoms with Gasteiger partial charge in [0.25, 0.3) is 10.1 Å². The number of urea groups is 1. The molecule has 0 radical (unpaired) electrons. The lowest BCUT2D eigenvalue weighted by atomic mass is 10.1. The van der Waals surface area contributed by atoms with Crippen molar-refractivity contribution in [1.82, 2.24) is 5.32 Å². The van der Waals surface area contributed by atoms with E-state index < -0.39 is 15.8 Å². The second-order valence-electron chi connectivity index (χ2n) is 7.63. The van der Waals surface area contributed by atoms with Gasteiger partial charge in [-0.2, -0.15) is 13.4 Å². The van der Waals surface area contributed by atoms with E-state index in [-0.39, 0.29) is 23.7 Å². The predicted octanol–water partition coefficient (Wildman–Crippen LogP) is 2.74. The van der Waals surface area contributed by atoms with Gasteiger partial charge in [0.05, 0.1) is 5.75 Å². The lowest BCUT2D eigenvalue weighted by molar-refractivity contribution is 0.251. The highest BCUT2D eigenvalue weighted by molar-refractivity contribution is 7.85. The van der Waals surface area contributed by atoms with Crippen molar-refractivity contribution in [2.24, 2.45) is 21.5 Å². The number of hydrogen-bond donors (Lipinski definition) is 5. The molecule has 0 spiro atoms. The minimum atomic E-state index is -3.66. The van der Waals surface area contributed by atoms with Crippen molar-refractivity contribution in [2.75, 3.05) is 16.0 Å². The van der Waals surface area contributed by atoms with Gasteiger partial charge in [-0.25, -0.2) is 9.79 Å². The van der Waals surface area contributed by atoms with E-state index in [1.807, 2.05) is 38.1 Å². The molecule has 2 aromatic carbocycles. The number of nitrogens with one attached hydrogen (secondary N) is 2. The standard InChI is InChI=1S/C19H22ClN7O.C2H6O3S/c1-19(2)26-16(21)25-17(22)27(19)15-8-3-5-12(9-15)11-23-18(28)24-14-7-4-6-13(20)10-14;1-2-6(3,4)5/h3-10H,11H2,1-2H3,(H2,23,24,28)(H4,21,22,25,26);2H2,1H3,(H,3,4,5). The van der Waals surface area contributed by atoms with Crippen LogP contribution >= 0.6 is 11.6 Å². The van der Waals surface area contributed by atoms with Crippen LogP contribution < -0.4 is 27.0 Å². The first-order valence-corrected chi connectivity index (χ1v) is 12.1. The quantitative estimate of drug-likeness (QED) is 0.385. The summed E-state index contributed by atoms with van der Waals surface area (Å²) in [7, 11) is -3.66. The van der Waals surface area contributed by atoms with Crippen molar-refractivity contribution in [1.29, 1.82) is 0 Å². The number of halogens is 1. The number of carbonyl (C=O) groups is 1. The van der Waals surface area contributed by atoms with Crippen LogP contribution in [0.25, 0.3) is 0 Å². The molecule has 1 aliphatic heterocycles. The van der Waals surface area contributed by atoms with Crippen LogP contribution in [0.15, 0.2) is 58.5 Å². The van der Waals surface area contributed by atoms with Crippen LogP contribution in [0.4, 0.5) is 16.2 Å². The van der Waals surface area contributed by atoms with Gasteiger partial charge in [0.15, 0.2) is 0 Å². The van der Waals surface area contributed by atoms with Gasteiger partial charge in [-0.3, -0.25) is 9.45 Å². The number of guanidine groups is 2. The molecule has 34 heavy (non-hydrogen) atoms. The summed E-state index contributed by atoms with van der Waals surface area (Å²) in [5.74, 6) is 0.211. The summed E-state index contributed by atoms with van der Waals surface area (Å²) in [6.07, 6.45) is 0. The van der Waals surface area contributed by atoms with E-state index in [1.54, 1.807) is 29.2 Å². The summed E-state index contributed by atoms with van der Waals surface area (Å²) < 4.78 is 26.9. The smallest absolute Gasteiger partial charge is 0.319 e. The third kappa shape index (κ3) is 8.21. The largest absolute Gasteiger partial charge is 0.369 e. The maximum Gasteiger partial charge on any atom is 0.319 e. The Balaban J connectivity index is 0.000000604. The Kier molecular flexibility index (Phi) is 8.85. The van der Waals surface area contributed by atoms with Gasteiger partial charge in [0.2, 0.25) is 11.9 Å². The van der Waals surface area contributed by atoms with Crippen LogP contribution in [-0.2, 0) is 16.7 Å². The zero-order valence-electron chi connectivity index (χ0n) is 19.0. The number of hydrogen-bond acceptors (Lipinski definition) is 8. The van der Waals surface area contributed by atoms with Gasteiger partial charge in [0, 0.05) is 22.9 Å². The molecule has 0 fully saturated rings. The van der Waals surface area contributed by atoms with Gasteiger partial charge in [-0.05, 0) is 56.7 Å². The van der Waals surface area contributed by atoms with Crippen LogP contribution in [0.3, 0.4) is 0 Å². The molecule has 11 nitrogen and oxygen atoms in total. The summed E-state index contributed by atoms with van der Waals surface area (Å²) in [4.78, 5) is 22.3. The van der Waals surface area contributed by atoms with E-state index in [0.717, 1.165) is 11.3 Å². The first kappa shape index (κ1) is 26.9. The first-order valence-electron chi connectivity index (χ1n) is 10.1. The summed E-state index contributed by atoms with van der Waals surface area (Å²) in [6, 6.07) is 14.2. The molecule has 2 aromatic rings. The van der Waals surface area contributed by atoms with E-state index in [0.29, 0.717) is 17.3 Å². The molecule has 7 N–H and O–H groups in total. The molecule has 0 aromatic heterocycles. The molecule has 0 saturated carbocycles. The van der Waals surface area contributed by atoms with Crippen LogP contribution in [0.5, 0.6) is 0 Å². The summed E-state index contributed by atoms with van der Waals surface area (Å²) in [6.45, 7) is 5.49. The van der Waals surface area contributed by atoms with Gasteiger partial charge in [-0.1, -0.05) is 29.8 Å². The number of nitrogens with two attached hydrogens (primary N) is 2. The minimum Gasteiger partial charge on any atom is -0.369 e. The van der Waals surface area contributed by atoms with E-state index >= 15 is 0 Å². The highest BCUT2D eigenvalue weighted by atomic mass is 35.5. The average Bonchev–Trinajstić information content (AvgIpc) is 2.71. The monoisotopic (exact) mass is 509 g/mol. The van der Waals surface area contributed by atoms with Crippen molar-refractivity contribution in [3.8, 4) is 0 Å². The van der Waals surface area contributed by atoms with Gasteiger partial charge in [-0.15, -0.1) is 0 Å². The number of benzene rings is 2. The molecule has 1 aliphatic rings. The fourth-order valence-corrected chi connectivity index (χ4v) is 3.17. The molecule has 2 amide bonds. The second-order valence-corrected chi connectivity index (χ2v) is 9.81. The highest BCUT2D eigenvalue weighted by Crippen LogP contribution is 2.28. The Morgan fingerprint density at radius 2 is 1.82 bits per heavy atom. The SMILES string of the molecule is CC1(C)N=C(N)N=C(N)N1c1cccc(CNC(=O)Nc2cccc(Cl)c2)c1.CCS(=O)(=O)O. The topological polar surface area (TPSA) is 175 Å². The molecular formula is C21H28ClN7O4S. The van der Waals surface area contributed by atoms with Crippen LogP contribution in [0.1, 0.15) is 26.3 Å². The molecule has 3 rings (SSSR count). The second kappa shape index (κ2) is 11.2. The van der Waals surface area contributed by atoms with Crippen LogP contribution in [-0.4, -0.2) is 42.3 Å². The number of nitrogens with zero attached hydrogens (tertiary/aromatic N) is 3. The normalized spacial score (nSPS) is 14.8. The molecule has 13 heteroatoms. The zero-order chi connectivity index (χ0) is 25.5. The third-order valence-electron chi connectivity index (χ3n) is 4.46. The van der Waals surface area contributed by atoms with E-state index in [9.17, 15) is 13.2 Å². The maximum absolute atomic E-state index is 12.1. The fourth-order valence-electron chi connectivity index (χ4n) is 2.98. The summed E-state index contributed by atoms with van der Waals surface area (Å²) >= 11 is 5.92. The fraction of sp³-hybridized carbons (Fsp3) is 0.286. The Morgan fingerprint density at radius 1 is 1.18 bits per heavy atom. The molecular weight excluding hydrogens is 482 g/mol. The molecule has 0 unspecified atom stereocenters. The number of anilines is 2. The van der Waals surface area contributed by atoms with Crippen molar-refractivity contribution in [3.63, 3.8) is 0 Å². The zero-order valence-corrected chi connectivity index (χ0v) is 20.6. The molecule has 0 bridgehead atoms. The van der Waals surface area contributed by atoms with Gasteiger partial charge in [0.1, 0.15) is 5.66 Å². The Morgan fingerprint density at radius 3 is 2.41 bits per heavy atom. The number of aliphatic imine (C=N–C) groups is 2. The molecule has 184 valence electrons.